The second kappa shape index (κ2) is 28.1. The lowest BCUT2D eigenvalue weighted by Gasteiger charge is -2.23. The maximum atomic E-state index is 12.6. The first-order chi connectivity index (χ1) is 29.4. The van der Waals surface area contributed by atoms with Crippen LogP contribution in [0.5, 0.6) is 0 Å². The van der Waals surface area contributed by atoms with Crippen LogP contribution in [0.1, 0.15) is 107 Å². The van der Waals surface area contributed by atoms with Gasteiger partial charge in [-0.25, -0.2) is 24.2 Å². The molecule has 23 nitrogen and oxygen atoms in total. The Morgan fingerprint density at radius 3 is 1.84 bits per heavy atom. The molecular weight excluding hydrogens is 820 g/mol. The minimum absolute atomic E-state index is 0.00751. The maximum Gasteiger partial charge on any atom is 0.326 e. The molecule has 0 saturated heterocycles. The summed E-state index contributed by atoms with van der Waals surface area (Å²) in [5.74, 6) is -7.42. The van der Waals surface area contributed by atoms with E-state index in [9.17, 15) is 63.6 Å². The van der Waals surface area contributed by atoms with E-state index in [0.717, 1.165) is 0 Å². The summed E-state index contributed by atoms with van der Waals surface area (Å²) in [5.41, 5.74) is 1.28. The molecule has 2 aromatic rings. The maximum absolute atomic E-state index is 12.6. The predicted octanol–water partition coefficient (Wildman–Crippen LogP) is 1.36. The van der Waals surface area contributed by atoms with Gasteiger partial charge in [-0.3, -0.25) is 28.9 Å². The molecule has 0 spiro atoms. The van der Waals surface area contributed by atoms with Gasteiger partial charge in [0.2, 0.25) is 11.8 Å². The highest BCUT2D eigenvalue weighted by Crippen LogP contribution is 2.16. The Kier molecular flexibility index (Phi) is 23.4. The first-order valence-electron chi connectivity index (χ1n) is 20.3. The second-order valence-corrected chi connectivity index (χ2v) is 14.7. The highest BCUT2D eigenvalue weighted by Gasteiger charge is 2.25. The molecule has 62 heavy (non-hydrogen) atoms. The van der Waals surface area contributed by atoms with E-state index in [1.54, 1.807) is 18.5 Å². The fraction of sp³-hybridized carbons (Fsp3) is 0.590. The van der Waals surface area contributed by atoms with Gasteiger partial charge in [0.1, 0.15) is 30.5 Å². The minimum atomic E-state index is -1.52. The first kappa shape index (κ1) is 51.6. The zero-order valence-corrected chi connectivity index (χ0v) is 34.4. The normalized spacial score (nSPS) is 12.5. The van der Waals surface area contributed by atoms with Gasteiger partial charge in [-0.15, -0.1) is 0 Å². The number of hydrogen-bond acceptors (Lipinski definition) is 11. The Labute approximate surface area is 356 Å². The Morgan fingerprint density at radius 1 is 0.645 bits per heavy atom. The first-order valence-corrected chi connectivity index (χ1v) is 20.3. The molecule has 2 aromatic heterocycles. The summed E-state index contributed by atoms with van der Waals surface area (Å²) in [6.07, 6.45) is 8.00. The number of carbonyl (C=O) groups excluding carboxylic acids is 3. The van der Waals surface area contributed by atoms with Gasteiger partial charge in [0.25, 0.3) is 0 Å². The molecule has 0 aromatic carbocycles. The van der Waals surface area contributed by atoms with Crippen molar-refractivity contribution >= 4 is 53.7 Å². The number of rotatable bonds is 34. The third-order valence-electron chi connectivity index (χ3n) is 9.63. The van der Waals surface area contributed by atoms with Gasteiger partial charge in [0.15, 0.2) is 0 Å². The van der Waals surface area contributed by atoms with Gasteiger partial charge < -0.3 is 61.5 Å². The average Bonchev–Trinajstić information content (AvgIpc) is 3.82. The molecule has 0 saturated carbocycles. The average molecular weight is 879 g/mol. The smallest absolute Gasteiger partial charge is 0.326 e. The lowest BCUT2D eigenvalue weighted by Crippen LogP contribution is -2.51. The summed E-state index contributed by atoms with van der Waals surface area (Å²) in [7, 11) is 0. The quantitative estimate of drug-likeness (QED) is 0.0442. The summed E-state index contributed by atoms with van der Waals surface area (Å²) >= 11 is 0. The highest BCUT2D eigenvalue weighted by atomic mass is 16.4. The second-order valence-electron chi connectivity index (χ2n) is 14.7. The third kappa shape index (κ3) is 21.7. The van der Waals surface area contributed by atoms with Crippen LogP contribution in [0.15, 0.2) is 24.7 Å². The lowest BCUT2D eigenvalue weighted by molar-refractivity contribution is -0.142. The van der Waals surface area contributed by atoms with E-state index in [2.05, 4.69) is 31.2 Å². The van der Waals surface area contributed by atoms with E-state index in [4.69, 9.17) is 10.2 Å². The molecule has 0 aliphatic heterocycles. The number of aromatic amines is 1. The molecule has 4 amide bonds. The van der Waals surface area contributed by atoms with Crippen molar-refractivity contribution in [1.29, 1.82) is 0 Å². The van der Waals surface area contributed by atoms with E-state index in [-0.39, 0.29) is 64.1 Å². The molecule has 3 atom stereocenters. The number of nitrogens with one attached hydrogen (secondary N) is 5. The van der Waals surface area contributed by atoms with Gasteiger partial charge in [-0.05, 0) is 76.0 Å². The Bertz CT molecular complexity index is 1760. The summed E-state index contributed by atoms with van der Waals surface area (Å²) < 4.78 is 1.50. The molecule has 0 radical (unpaired) electrons. The van der Waals surface area contributed by atoms with Crippen LogP contribution in [-0.2, 0) is 64.4 Å². The summed E-state index contributed by atoms with van der Waals surface area (Å²) in [5, 5.41) is 65.1. The third-order valence-corrected chi connectivity index (χ3v) is 9.63. The van der Waals surface area contributed by atoms with Gasteiger partial charge >= 0.3 is 41.8 Å². The molecule has 344 valence electrons. The number of amides is 4. The number of carboxylic acid groups (broad SMARTS) is 6. The molecule has 0 aliphatic rings. The van der Waals surface area contributed by atoms with Crippen molar-refractivity contribution in [2.45, 2.75) is 134 Å². The summed E-state index contributed by atoms with van der Waals surface area (Å²) in [4.78, 5) is 114. The Balaban J connectivity index is 1.68. The molecule has 23 heteroatoms. The predicted molar refractivity (Wildman–Crippen MR) is 215 cm³/mol. The van der Waals surface area contributed by atoms with Crippen LogP contribution < -0.4 is 21.3 Å². The van der Waals surface area contributed by atoms with Crippen LogP contribution in [0.4, 0.5) is 4.79 Å². The number of nitrogens with zero attached hydrogens (tertiary/aromatic N) is 3. The number of urea groups is 1. The number of aromatic nitrogens is 3. The Hall–Kier alpha value is -6.52. The van der Waals surface area contributed by atoms with Crippen molar-refractivity contribution < 1.29 is 73.8 Å². The number of aliphatic carboxylic acids is 6. The summed E-state index contributed by atoms with van der Waals surface area (Å²) in [6, 6.07) is -3.36. The highest BCUT2D eigenvalue weighted by molar-refractivity contribution is 5.86. The van der Waals surface area contributed by atoms with Crippen molar-refractivity contribution in [3.05, 3.63) is 41.7 Å². The summed E-state index contributed by atoms with van der Waals surface area (Å²) in [6.45, 7) is 0.958. The molecule has 0 bridgehead atoms. The van der Waals surface area contributed by atoms with Crippen LogP contribution in [-0.4, -0.2) is 135 Å². The van der Waals surface area contributed by atoms with Crippen LogP contribution in [0.3, 0.4) is 0 Å². The van der Waals surface area contributed by atoms with Gasteiger partial charge in [-0.2, -0.15) is 0 Å². The van der Waals surface area contributed by atoms with E-state index < -0.39 is 72.3 Å². The fourth-order valence-electron chi connectivity index (χ4n) is 6.39. The number of carbonyl (C=O) groups is 9. The molecule has 2 rings (SSSR count). The number of H-pyrrole nitrogens is 1. The van der Waals surface area contributed by atoms with Crippen molar-refractivity contribution in [2.75, 3.05) is 13.1 Å². The van der Waals surface area contributed by atoms with Crippen molar-refractivity contribution in [3.8, 4) is 0 Å². The lowest BCUT2D eigenvalue weighted by atomic mass is 10.1. The van der Waals surface area contributed by atoms with Crippen molar-refractivity contribution in [3.63, 3.8) is 0 Å². The van der Waals surface area contributed by atoms with Gasteiger partial charge in [-0.1, -0.05) is 12.8 Å². The zero-order chi connectivity index (χ0) is 46.0. The van der Waals surface area contributed by atoms with Crippen LogP contribution in [0, 0.1) is 0 Å². The molecule has 0 unspecified atom stereocenters. The number of unbranched alkanes of at least 4 members (excludes halogenated alkanes) is 5. The largest absolute Gasteiger partial charge is 0.481 e. The van der Waals surface area contributed by atoms with E-state index >= 15 is 0 Å². The van der Waals surface area contributed by atoms with Crippen molar-refractivity contribution in [2.24, 2.45) is 0 Å². The molecule has 0 aliphatic carbocycles. The fourth-order valence-corrected chi connectivity index (χ4v) is 6.39. The number of imidazole rings is 1. The van der Waals surface area contributed by atoms with Crippen LogP contribution in [0.2, 0.25) is 0 Å². The molecule has 11 N–H and O–H groups in total. The van der Waals surface area contributed by atoms with Crippen molar-refractivity contribution in [1.82, 2.24) is 40.7 Å². The zero-order valence-electron chi connectivity index (χ0n) is 34.4. The van der Waals surface area contributed by atoms with E-state index in [1.807, 2.05) is 4.90 Å². The topological polar surface area (TPSA) is 360 Å². The van der Waals surface area contributed by atoms with Gasteiger partial charge in [0.05, 0.1) is 13.0 Å². The monoisotopic (exact) mass is 878 g/mol. The minimum Gasteiger partial charge on any atom is -0.481 e. The molecule has 2 heterocycles. The number of hydrogen-bond donors (Lipinski definition) is 11. The van der Waals surface area contributed by atoms with E-state index in [1.165, 1.54) is 10.8 Å². The number of carboxylic acids is 6. The Morgan fingerprint density at radius 2 is 1.24 bits per heavy atom. The van der Waals surface area contributed by atoms with Crippen LogP contribution >= 0.6 is 0 Å². The molecular formula is C39H58N8O15. The van der Waals surface area contributed by atoms with Gasteiger partial charge in [0, 0.05) is 56.6 Å². The van der Waals surface area contributed by atoms with Crippen LogP contribution in [0.25, 0.3) is 0 Å². The van der Waals surface area contributed by atoms with E-state index in [0.29, 0.717) is 81.5 Å². The standard InChI is InChI=1S/C39H58N8O15/c48-31(42-16-7-5-9-27(37(58)59)44-39(62)45-28(38(60)61)13-14-33(50)51)11-3-1-2-4-12-32(49)43-26(36(56)57)10-6-8-19-46(22-29-25(15-17-40-29)21-34(52)53)23-30-41-18-20-47(30)24-35(54)55/h15,17-18,20,26-28,40H,1-14,16,19,21-24H2,(H,42,48)(H,43,49)(H,50,51)(H,52,53)(H,54,55)(H,56,57)(H,58,59)(H,60,61)(H2,44,45,62)/t26-,27-,28-/m0/s1. The molecule has 0 fully saturated rings. The SMILES string of the molecule is O=C(O)CC[C@H](NC(=O)N[C@@H](CCCCNC(=O)CCCCCCC(=O)N[C@@H](CCCCN(Cc1[nH]ccc1CC(=O)O)Cc1nccn1CC(=O)O)C(=O)O)C(=O)O)C(=O)O.